The van der Waals surface area contributed by atoms with E-state index in [1.54, 1.807) is 36.4 Å². The summed E-state index contributed by atoms with van der Waals surface area (Å²) >= 11 is 0. The van der Waals surface area contributed by atoms with Gasteiger partial charge >= 0.3 is 6.03 Å². The third-order valence-electron chi connectivity index (χ3n) is 7.65. The maximum atomic E-state index is 14.1. The highest BCUT2D eigenvalue weighted by atomic mass is 19.3. The summed E-state index contributed by atoms with van der Waals surface area (Å²) in [7, 11) is 0. The van der Waals surface area contributed by atoms with Gasteiger partial charge in [-0.1, -0.05) is 24.3 Å². The molecule has 0 bridgehead atoms. The number of halogens is 3. The highest BCUT2D eigenvalue weighted by molar-refractivity contribution is 5.77. The van der Waals surface area contributed by atoms with Gasteiger partial charge in [-0.05, 0) is 55.5 Å². The van der Waals surface area contributed by atoms with E-state index in [9.17, 15) is 18.0 Å². The lowest BCUT2D eigenvalue weighted by atomic mass is 9.91. The molecule has 3 N–H and O–H groups in total. The number of alkyl halides is 2. The molecule has 4 aromatic rings. The second-order valence-electron chi connectivity index (χ2n) is 10.6. The van der Waals surface area contributed by atoms with Crippen LogP contribution in [-0.2, 0) is 11.3 Å². The largest absolute Gasteiger partial charge is 0.378 e. The predicted molar refractivity (Wildman–Crippen MR) is 154 cm³/mol. The van der Waals surface area contributed by atoms with E-state index in [4.69, 9.17) is 4.74 Å². The first-order valence-corrected chi connectivity index (χ1v) is 14.3. The van der Waals surface area contributed by atoms with E-state index < -0.39 is 12.2 Å². The molecule has 226 valence electrons. The van der Waals surface area contributed by atoms with Gasteiger partial charge in [-0.25, -0.2) is 22.9 Å². The van der Waals surface area contributed by atoms with Gasteiger partial charge in [0.1, 0.15) is 5.82 Å². The molecular formula is C29H32F3N9O2. The average Bonchev–Trinajstić information content (AvgIpc) is 3.42. The standard InChI is InChI=1S/C29H32F3N9O2/c30-19-7-5-18(6-8-19)17-33-29(42)35-21-11-9-20(10-12-21)34-26-37-27(40-13-15-43-16-14-40)39-28(38-26)41-23-4-2-1-3-22(23)36-25(41)24(31)32/h1-8,20-21,24H,9-17H2,(H2,33,35,42)(H,34,37,38,39)/t20-,21-. The van der Waals surface area contributed by atoms with Crippen LogP contribution in [0.1, 0.15) is 43.5 Å². The van der Waals surface area contributed by atoms with Gasteiger partial charge in [0.25, 0.3) is 6.43 Å². The van der Waals surface area contributed by atoms with Crippen molar-refractivity contribution in [2.75, 3.05) is 36.5 Å². The number of carbonyl (C=O) groups excluding carboxylic acids is 1. The van der Waals surface area contributed by atoms with Crippen LogP contribution in [0.3, 0.4) is 0 Å². The topological polar surface area (TPSA) is 122 Å². The Hall–Kier alpha value is -4.46. The van der Waals surface area contributed by atoms with Crippen molar-refractivity contribution in [3.05, 3.63) is 65.7 Å². The van der Waals surface area contributed by atoms with E-state index in [0.717, 1.165) is 31.2 Å². The number of anilines is 2. The van der Waals surface area contributed by atoms with Crippen LogP contribution in [0.15, 0.2) is 48.5 Å². The number of carbonyl (C=O) groups is 1. The van der Waals surface area contributed by atoms with E-state index in [1.807, 2.05) is 4.90 Å². The number of ether oxygens (including phenoxy) is 1. The zero-order chi connectivity index (χ0) is 29.8. The van der Waals surface area contributed by atoms with Crippen LogP contribution in [0.2, 0.25) is 0 Å². The summed E-state index contributed by atoms with van der Waals surface area (Å²) in [6, 6.07) is 12.6. The fraction of sp³-hybridized carbons (Fsp3) is 0.414. The maximum absolute atomic E-state index is 14.1. The van der Waals surface area contributed by atoms with Crippen LogP contribution in [0, 0.1) is 5.82 Å². The molecule has 2 aliphatic rings. The molecule has 1 saturated carbocycles. The fourth-order valence-corrected chi connectivity index (χ4v) is 5.41. The molecule has 1 aliphatic heterocycles. The molecule has 14 heteroatoms. The normalized spacial score (nSPS) is 19.0. The summed E-state index contributed by atoms with van der Waals surface area (Å²) in [6.07, 6.45) is 0.123. The number of aromatic nitrogens is 5. The lowest BCUT2D eigenvalue weighted by Gasteiger charge is -2.30. The fourth-order valence-electron chi connectivity index (χ4n) is 5.41. The van der Waals surface area contributed by atoms with Gasteiger partial charge in [0.15, 0.2) is 5.82 Å². The van der Waals surface area contributed by atoms with Crippen LogP contribution in [-0.4, -0.2) is 68.9 Å². The predicted octanol–water partition coefficient (Wildman–Crippen LogP) is 4.35. The summed E-state index contributed by atoms with van der Waals surface area (Å²) in [4.78, 5) is 32.3. The Kier molecular flexibility index (Phi) is 8.54. The van der Waals surface area contributed by atoms with Gasteiger partial charge in [-0.3, -0.25) is 4.57 Å². The minimum absolute atomic E-state index is 0.00462. The molecule has 3 heterocycles. The molecule has 1 saturated heterocycles. The molecule has 0 radical (unpaired) electrons. The van der Waals surface area contributed by atoms with E-state index in [-0.39, 0.29) is 35.8 Å². The molecule has 2 aromatic heterocycles. The molecule has 11 nitrogen and oxygen atoms in total. The van der Waals surface area contributed by atoms with E-state index in [2.05, 4.69) is 35.9 Å². The Labute approximate surface area is 245 Å². The number of benzene rings is 2. The lowest BCUT2D eigenvalue weighted by molar-refractivity contribution is 0.122. The SMILES string of the molecule is O=C(NCc1ccc(F)cc1)N[C@H]1CC[C@H](Nc2nc(N3CCOCC3)nc(-n3c(C(F)F)nc4ccccc43)n2)CC1. The monoisotopic (exact) mass is 595 g/mol. The van der Waals surface area contributed by atoms with E-state index >= 15 is 0 Å². The van der Waals surface area contributed by atoms with Crippen molar-refractivity contribution in [1.29, 1.82) is 0 Å². The van der Waals surface area contributed by atoms with Gasteiger partial charge < -0.3 is 25.6 Å². The van der Waals surface area contributed by atoms with Gasteiger partial charge in [0, 0.05) is 31.7 Å². The van der Waals surface area contributed by atoms with E-state index in [0.29, 0.717) is 49.8 Å². The molecule has 0 spiro atoms. The molecule has 0 atom stereocenters. The first-order chi connectivity index (χ1) is 20.9. The summed E-state index contributed by atoms with van der Waals surface area (Å²) < 4.78 is 48.1. The molecule has 1 aliphatic carbocycles. The lowest BCUT2D eigenvalue weighted by Crippen LogP contribution is -2.44. The van der Waals surface area contributed by atoms with Crippen LogP contribution in [0.5, 0.6) is 0 Å². The van der Waals surface area contributed by atoms with Crippen molar-refractivity contribution in [2.45, 2.75) is 50.7 Å². The highest BCUT2D eigenvalue weighted by Crippen LogP contribution is 2.28. The first kappa shape index (κ1) is 28.6. The van der Waals surface area contributed by atoms with Crippen molar-refractivity contribution in [2.24, 2.45) is 0 Å². The second-order valence-corrected chi connectivity index (χ2v) is 10.6. The molecular weight excluding hydrogens is 563 g/mol. The van der Waals surface area contributed by atoms with Crippen LogP contribution in [0.4, 0.5) is 29.9 Å². The number of rotatable bonds is 8. The minimum Gasteiger partial charge on any atom is -0.378 e. The summed E-state index contributed by atoms with van der Waals surface area (Å²) in [6.45, 7) is 2.45. The van der Waals surface area contributed by atoms with Crippen LogP contribution < -0.4 is 20.9 Å². The minimum atomic E-state index is -2.83. The maximum Gasteiger partial charge on any atom is 0.315 e. The van der Waals surface area contributed by atoms with Gasteiger partial charge in [-0.15, -0.1) is 0 Å². The van der Waals surface area contributed by atoms with Crippen molar-refractivity contribution in [3.8, 4) is 5.95 Å². The molecule has 2 amide bonds. The van der Waals surface area contributed by atoms with Crippen molar-refractivity contribution >= 4 is 29.0 Å². The molecule has 43 heavy (non-hydrogen) atoms. The number of hydrogen-bond acceptors (Lipinski definition) is 8. The highest BCUT2D eigenvalue weighted by Gasteiger charge is 2.27. The van der Waals surface area contributed by atoms with Gasteiger partial charge in [0.05, 0.1) is 24.2 Å². The van der Waals surface area contributed by atoms with E-state index in [1.165, 1.54) is 16.7 Å². The van der Waals surface area contributed by atoms with Crippen LogP contribution in [0.25, 0.3) is 17.0 Å². The number of para-hydroxylation sites is 2. The average molecular weight is 596 g/mol. The number of urea groups is 1. The zero-order valence-electron chi connectivity index (χ0n) is 23.3. The summed E-state index contributed by atoms with van der Waals surface area (Å²) in [5.74, 6) is -0.0240. The summed E-state index contributed by atoms with van der Waals surface area (Å²) in [5, 5.41) is 9.20. The van der Waals surface area contributed by atoms with Crippen molar-refractivity contribution in [1.82, 2.24) is 35.1 Å². The number of morpholine rings is 1. The Morgan fingerprint density at radius 1 is 0.907 bits per heavy atom. The van der Waals surface area contributed by atoms with Gasteiger partial charge in [-0.2, -0.15) is 15.0 Å². The Bertz CT molecular complexity index is 1550. The Balaban J connectivity index is 1.15. The van der Waals surface area contributed by atoms with Crippen LogP contribution >= 0.6 is 0 Å². The third kappa shape index (κ3) is 6.79. The molecule has 6 rings (SSSR count). The van der Waals surface area contributed by atoms with Crippen molar-refractivity contribution < 1.29 is 22.7 Å². The number of fused-ring (bicyclic) bond motifs is 1. The third-order valence-corrected chi connectivity index (χ3v) is 7.65. The zero-order valence-corrected chi connectivity index (χ0v) is 23.3. The quantitative estimate of drug-likeness (QED) is 0.275. The number of hydrogen-bond donors (Lipinski definition) is 3. The van der Waals surface area contributed by atoms with Crippen molar-refractivity contribution in [3.63, 3.8) is 0 Å². The Morgan fingerprint density at radius 2 is 1.60 bits per heavy atom. The number of nitrogens with one attached hydrogen (secondary N) is 3. The second kappa shape index (κ2) is 12.8. The Morgan fingerprint density at radius 3 is 2.35 bits per heavy atom. The smallest absolute Gasteiger partial charge is 0.315 e. The first-order valence-electron chi connectivity index (χ1n) is 14.3. The summed E-state index contributed by atoms with van der Waals surface area (Å²) in [5.41, 5.74) is 1.71. The number of nitrogens with zero attached hydrogens (tertiary/aromatic N) is 6. The number of amides is 2. The molecule has 2 fully saturated rings. The van der Waals surface area contributed by atoms with Gasteiger partial charge in [0.2, 0.25) is 17.8 Å². The molecule has 0 unspecified atom stereocenters. The number of imidazole rings is 1. The molecule has 2 aromatic carbocycles.